The predicted molar refractivity (Wildman–Crippen MR) is 119 cm³/mol. The van der Waals surface area contributed by atoms with Gasteiger partial charge in [0.2, 0.25) is 5.91 Å². The largest absolute Gasteiger partial charge is 0.383 e. The SMILES string of the molecule is CCC(CC)C(=O)N1CCC(NC(=NC)NCC2CCN(CCOC)CC2)CC1. The summed E-state index contributed by atoms with van der Waals surface area (Å²) >= 11 is 0. The molecule has 29 heavy (non-hydrogen) atoms. The first-order chi connectivity index (χ1) is 14.1. The molecule has 7 nitrogen and oxygen atoms in total. The highest BCUT2D eigenvalue weighted by molar-refractivity contribution is 5.80. The topological polar surface area (TPSA) is 69.2 Å². The number of carbonyl (C=O) groups excluding carboxylic acids is 1. The average Bonchev–Trinajstić information content (AvgIpc) is 2.77. The van der Waals surface area contributed by atoms with Crippen molar-refractivity contribution in [3.63, 3.8) is 0 Å². The van der Waals surface area contributed by atoms with Gasteiger partial charge in [0.05, 0.1) is 6.61 Å². The molecule has 0 aromatic heterocycles. The molecule has 2 N–H and O–H groups in total. The molecule has 0 atom stereocenters. The second-order valence-electron chi connectivity index (χ2n) is 8.49. The fraction of sp³-hybridized carbons (Fsp3) is 0.909. The molecule has 7 heteroatoms. The van der Waals surface area contributed by atoms with Gasteiger partial charge in [0.25, 0.3) is 0 Å². The van der Waals surface area contributed by atoms with Crippen LogP contribution in [-0.2, 0) is 9.53 Å². The van der Waals surface area contributed by atoms with E-state index >= 15 is 0 Å². The number of likely N-dealkylation sites (tertiary alicyclic amines) is 2. The minimum Gasteiger partial charge on any atom is -0.383 e. The lowest BCUT2D eigenvalue weighted by molar-refractivity contribution is -0.136. The molecule has 1 amide bonds. The van der Waals surface area contributed by atoms with Crippen LogP contribution in [0.3, 0.4) is 0 Å². The highest BCUT2D eigenvalue weighted by Crippen LogP contribution is 2.18. The Bertz CT molecular complexity index is 493. The summed E-state index contributed by atoms with van der Waals surface area (Å²) in [7, 11) is 3.61. The molecule has 2 saturated heterocycles. The van der Waals surface area contributed by atoms with Crippen molar-refractivity contribution in [3.8, 4) is 0 Å². The minimum atomic E-state index is 0.190. The van der Waals surface area contributed by atoms with Crippen molar-refractivity contribution in [1.29, 1.82) is 0 Å². The van der Waals surface area contributed by atoms with E-state index in [9.17, 15) is 4.79 Å². The van der Waals surface area contributed by atoms with Crippen molar-refractivity contribution in [2.45, 2.75) is 58.4 Å². The molecule has 0 bridgehead atoms. The maximum atomic E-state index is 12.6. The van der Waals surface area contributed by atoms with Crippen molar-refractivity contribution in [3.05, 3.63) is 0 Å². The molecule has 2 fully saturated rings. The third-order valence-electron chi connectivity index (χ3n) is 6.58. The molecule has 2 aliphatic rings. The standard InChI is InChI=1S/C22H43N5O2/c1-5-19(6-2)21(28)27-13-9-20(10-14-27)25-22(23-3)24-17-18-7-11-26(12-8-18)15-16-29-4/h18-20H,5-17H2,1-4H3,(H2,23,24,25). The molecule has 0 aliphatic carbocycles. The lowest BCUT2D eigenvalue weighted by Crippen LogP contribution is -2.51. The van der Waals surface area contributed by atoms with Gasteiger partial charge in [0, 0.05) is 52.3 Å². The number of ether oxygens (including phenoxy) is 1. The van der Waals surface area contributed by atoms with Gasteiger partial charge in [0.1, 0.15) is 0 Å². The lowest BCUT2D eigenvalue weighted by Gasteiger charge is -2.35. The number of nitrogens with zero attached hydrogens (tertiary/aromatic N) is 3. The molecule has 0 saturated carbocycles. The van der Waals surface area contributed by atoms with Crippen LogP contribution < -0.4 is 10.6 Å². The number of methoxy groups -OCH3 is 1. The van der Waals surface area contributed by atoms with Crippen LogP contribution in [0.4, 0.5) is 0 Å². The average molecular weight is 410 g/mol. The van der Waals surface area contributed by atoms with Crippen LogP contribution in [0.1, 0.15) is 52.4 Å². The molecule has 0 aromatic carbocycles. The summed E-state index contributed by atoms with van der Waals surface area (Å²) in [4.78, 5) is 21.5. The predicted octanol–water partition coefficient (Wildman–Crippen LogP) is 1.94. The molecular formula is C22H43N5O2. The first kappa shape index (κ1) is 23.9. The highest BCUT2D eigenvalue weighted by atomic mass is 16.5. The van der Waals surface area contributed by atoms with E-state index in [1.807, 2.05) is 7.05 Å². The van der Waals surface area contributed by atoms with Crippen molar-refractivity contribution in [2.75, 3.05) is 60.0 Å². The minimum absolute atomic E-state index is 0.190. The van der Waals surface area contributed by atoms with E-state index in [0.717, 1.165) is 77.5 Å². The highest BCUT2D eigenvalue weighted by Gasteiger charge is 2.27. The third-order valence-corrected chi connectivity index (χ3v) is 6.58. The summed E-state index contributed by atoms with van der Waals surface area (Å²) in [5.41, 5.74) is 0. The Hall–Kier alpha value is -1.34. The van der Waals surface area contributed by atoms with Crippen LogP contribution in [-0.4, -0.2) is 87.7 Å². The van der Waals surface area contributed by atoms with Gasteiger partial charge in [-0.15, -0.1) is 0 Å². The Morgan fingerprint density at radius 2 is 1.76 bits per heavy atom. The second-order valence-corrected chi connectivity index (χ2v) is 8.49. The van der Waals surface area contributed by atoms with E-state index in [0.29, 0.717) is 17.9 Å². The lowest BCUT2D eigenvalue weighted by atomic mass is 9.97. The van der Waals surface area contributed by atoms with Gasteiger partial charge in [0.15, 0.2) is 5.96 Å². The molecule has 2 rings (SSSR count). The molecule has 0 aromatic rings. The Morgan fingerprint density at radius 1 is 1.10 bits per heavy atom. The molecule has 0 unspecified atom stereocenters. The number of hydrogen-bond donors (Lipinski definition) is 2. The van der Waals surface area contributed by atoms with E-state index in [2.05, 4.69) is 39.3 Å². The molecule has 2 aliphatic heterocycles. The van der Waals surface area contributed by atoms with Gasteiger partial charge in [-0.25, -0.2) is 0 Å². The summed E-state index contributed by atoms with van der Waals surface area (Å²) < 4.78 is 5.18. The zero-order valence-electron chi connectivity index (χ0n) is 19.1. The Kier molecular flexibility index (Phi) is 10.8. The van der Waals surface area contributed by atoms with Crippen LogP contribution >= 0.6 is 0 Å². The fourth-order valence-corrected chi connectivity index (χ4v) is 4.40. The van der Waals surface area contributed by atoms with Gasteiger partial charge in [-0.05, 0) is 57.5 Å². The number of aliphatic imine (C=N–C) groups is 1. The van der Waals surface area contributed by atoms with E-state index < -0.39 is 0 Å². The normalized spacial score (nSPS) is 20.3. The second kappa shape index (κ2) is 13.1. The van der Waals surface area contributed by atoms with Gasteiger partial charge < -0.3 is 25.2 Å². The van der Waals surface area contributed by atoms with Crippen LogP contribution in [0.5, 0.6) is 0 Å². The zero-order valence-corrected chi connectivity index (χ0v) is 19.1. The Labute approximate surface area is 177 Å². The maximum Gasteiger partial charge on any atom is 0.225 e. The molecule has 0 spiro atoms. The van der Waals surface area contributed by atoms with Gasteiger partial charge in [-0.1, -0.05) is 13.8 Å². The van der Waals surface area contributed by atoms with Crippen molar-refractivity contribution < 1.29 is 9.53 Å². The maximum absolute atomic E-state index is 12.6. The zero-order chi connectivity index (χ0) is 21.1. The van der Waals surface area contributed by atoms with E-state index in [-0.39, 0.29) is 5.92 Å². The van der Waals surface area contributed by atoms with Crippen LogP contribution in [0, 0.1) is 11.8 Å². The summed E-state index contributed by atoms with van der Waals surface area (Å²) in [5, 5.41) is 7.10. The monoisotopic (exact) mass is 409 g/mol. The Balaban J connectivity index is 1.66. The van der Waals surface area contributed by atoms with E-state index in [1.165, 1.54) is 12.8 Å². The molecule has 168 valence electrons. The van der Waals surface area contributed by atoms with E-state index in [4.69, 9.17) is 4.74 Å². The summed E-state index contributed by atoms with van der Waals surface area (Å²) in [6, 6.07) is 0.392. The first-order valence-electron chi connectivity index (χ1n) is 11.6. The van der Waals surface area contributed by atoms with E-state index in [1.54, 1.807) is 7.11 Å². The molecule has 2 heterocycles. The Morgan fingerprint density at radius 3 is 2.31 bits per heavy atom. The summed E-state index contributed by atoms with van der Waals surface area (Å²) in [6.45, 7) is 11.1. The number of rotatable bonds is 9. The van der Waals surface area contributed by atoms with Gasteiger partial charge >= 0.3 is 0 Å². The number of piperidine rings is 2. The number of hydrogen-bond acceptors (Lipinski definition) is 4. The fourth-order valence-electron chi connectivity index (χ4n) is 4.40. The van der Waals surface area contributed by atoms with Crippen molar-refractivity contribution >= 4 is 11.9 Å². The smallest absolute Gasteiger partial charge is 0.225 e. The number of guanidine groups is 1. The summed E-state index contributed by atoms with van der Waals surface area (Å²) in [6.07, 6.45) is 6.31. The number of amides is 1. The van der Waals surface area contributed by atoms with Gasteiger partial charge in [-0.3, -0.25) is 9.79 Å². The van der Waals surface area contributed by atoms with Crippen LogP contribution in [0.15, 0.2) is 4.99 Å². The van der Waals surface area contributed by atoms with Crippen molar-refractivity contribution in [2.24, 2.45) is 16.8 Å². The number of nitrogens with one attached hydrogen (secondary N) is 2. The third kappa shape index (κ3) is 7.78. The van der Waals surface area contributed by atoms with Crippen LogP contribution in [0.2, 0.25) is 0 Å². The number of carbonyl (C=O) groups is 1. The summed E-state index contributed by atoms with van der Waals surface area (Å²) in [5.74, 6) is 2.13. The quantitative estimate of drug-likeness (QED) is 0.450. The molecule has 0 radical (unpaired) electrons. The van der Waals surface area contributed by atoms with Crippen LogP contribution in [0.25, 0.3) is 0 Å². The van der Waals surface area contributed by atoms with Crippen molar-refractivity contribution in [1.82, 2.24) is 20.4 Å². The first-order valence-corrected chi connectivity index (χ1v) is 11.6. The van der Waals surface area contributed by atoms with Gasteiger partial charge in [-0.2, -0.15) is 0 Å². The molecular weight excluding hydrogens is 366 g/mol.